The lowest BCUT2D eigenvalue weighted by atomic mass is 9.97. The van der Waals surface area contributed by atoms with Crippen LogP contribution in [-0.4, -0.2) is 62.8 Å². The molecule has 1 aliphatic rings. The molecular formula is C30H37N3O5S. The SMILES string of the molecule is CC#CC(C)OC(=O)NC(Cc1ccccc1)[C@H](O)C(=O)N1CSC(C)(C)[C@H]1C(=O)NCc1ccccc1C. The van der Waals surface area contributed by atoms with Crippen molar-refractivity contribution in [2.24, 2.45) is 0 Å². The molecule has 0 aliphatic carbocycles. The Morgan fingerprint density at radius 1 is 1.15 bits per heavy atom. The molecule has 208 valence electrons. The number of aliphatic hydroxyl groups excluding tert-OH is 1. The van der Waals surface area contributed by atoms with Gasteiger partial charge in [-0.1, -0.05) is 60.5 Å². The summed E-state index contributed by atoms with van der Waals surface area (Å²) in [5.74, 6) is 4.72. The Labute approximate surface area is 234 Å². The number of thioether (sulfide) groups is 1. The fourth-order valence-electron chi connectivity index (χ4n) is 4.53. The molecule has 9 heteroatoms. The summed E-state index contributed by atoms with van der Waals surface area (Å²) in [6.45, 7) is 9.39. The monoisotopic (exact) mass is 551 g/mol. The number of hydrogen-bond donors (Lipinski definition) is 3. The van der Waals surface area contributed by atoms with Gasteiger partial charge in [0.2, 0.25) is 5.91 Å². The summed E-state index contributed by atoms with van der Waals surface area (Å²) in [5, 5.41) is 16.9. The van der Waals surface area contributed by atoms with Gasteiger partial charge in [0.15, 0.2) is 12.2 Å². The maximum Gasteiger partial charge on any atom is 0.408 e. The van der Waals surface area contributed by atoms with Crippen LogP contribution >= 0.6 is 11.8 Å². The number of benzene rings is 2. The van der Waals surface area contributed by atoms with Gasteiger partial charge in [0.1, 0.15) is 6.04 Å². The number of rotatable bonds is 9. The van der Waals surface area contributed by atoms with Gasteiger partial charge in [-0.25, -0.2) is 4.79 Å². The summed E-state index contributed by atoms with van der Waals surface area (Å²) in [7, 11) is 0. The van der Waals surface area contributed by atoms with E-state index in [4.69, 9.17) is 4.74 Å². The molecule has 1 saturated heterocycles. The van der Waals surface area contributed by atoms with Gasteiger partial charge in [-0.3, -0.25) is 9.59 Å². The van der Waals surface area contributed by atoms with Crippen LogP contribution in [0.3, 0.4) is 0 Å². The fourth-order valence-corrected chi connectivity index (χ4v) is 5.67. The molecule has 0 radical (unpaired) electrons. The van der Waals surface area contributed by atoms with Gasteiger partial charge in [-0.2, -0.15) is 0 Å². The molecule has 0 bridgehead atoms. The first kappa shape index (κ1) is 30.1. The molecule has 0 aromatic heterocycles. The van der Waals surface area contributed by atoms with Crippen molar-refractivity contribution in [1.82, 2.24) is 15.5 Å². The summed E-state index contributed by atoms with van der Waals surface area (Å²) in [5.41, 5.74) is 2.86. The lowest BCUT2D eigenvalue weighted by molar-refractivity contribution is -0.147. The molecule has 1 aliphatic heterocycles. The van der Waals surface area contributed by atoms with Crippen LogP contribution in [0, 0.1) is 18.8 Å². The minimum atomic E-state index is -1.61. The standard InChI is InChI=1S/C30H37N3O5S/c1-6-12-21(3)38-29(37)32-24(17-22-14-8-7-9-15-22)25(34)28(36)33-19-39-30(4,5)26(33)27(35)31-18-23-16-11-10-13-20(23)2/h7-11,13-16,21,24-26,34H,17-19H2,1-5H3,(H,31,35)(H,32,37)/t21?,24?,25-,26+/m0/s1. The summed E-state index contributed by atoms with van der Waals surface area (Å²) < 4.78 is 4.68. The maximum absolute atomic E-state index is 13.7. The van der Waals surface area contributed by atoms with E-state index >= 15 is 0 Å². The number of ether oxygens (including phenoxy) is 1. The van der Waals surface area contributed by atoms with E-state index in [1.807, 2.05) is 75.4 Å². The fraction of sp³-hybridized carbons (Fsp3) is 0.433. The van der Waals surface area contributed by atoms with Gasteiger partial charge in [0.25, 0.3) is 5.91 Å². The number of hydrogen-bond acceptors (Lipinski definition) is 6. The Balaban J connectivity index is 1.78. The zero-order chi connectivity index (χ0) is 28.6. The van der Waals surface area contributed by atoms with Crippen LogP contribution in [0.1, 0.15) is 44.4 Å². The number of carbonyl (C=O) groups is 3. The van der Waals surface area contributed by atoms with Gasteiger partial charge < -0.3 is 25.4 Å². The Morgan fingerprint density at radius 3 is 2.49 bits per heavy atom. The number of nitrogens with zero attached hydrogens (tertiary/aromatic N) is 1. The van der Waals surface area contributed by atoms with Crippen molar-refractivity contribution >= 4 is 29.7 Å². The van der Waals surface area contributed by atoms with E-state index in [0.717, 1.165) is 16.7 Å². The van der Waals surface area contributed by atoms with E-state index in [1.165, 1.54) is 16.7 Å². The minimum Gasteiger partial charge on any atom is -0.433 e. The van der Waals surface area contributed by atoms with Crippen molar-refractivity contribution in [3.05, 3.63) is 71.3 Å². The summed E-state index contributed by atoms with van der Waals surface area (Å²) >= 11 is 1.46. The van der Waals surface area contributed by atoms with Crippen LogP contribution in [0.5, 0.6) is 0 Å². The van der Waals surface area contributed by atoms with E-state index < -0.39 is 41.0 Å². The normalized spacial score (nSPS) is 18.2. The molecule has 1 fully saturated rings. The Kier molecular flexibility index (Phi) is 10.4. The molecule has 3 rings (SSSR count). The number of aliphatic hydroxyl groups is 1. The van der Waals surface area contributed by atoms with Crippen molar-refractivity contribution in [2.75, 3.05) is 5.88 Å². The number of aryl methyl sites for hydroxylation is 1. The molecule has 8 nitrogen and oxygen atoms in total. The molecule has 39 heavy (non-hydrogen) atoms. The van der Waals surface area contributed by atoms with Gasteiger partial charge in [-0.05, 0) is 57.7 Å². The Bertz CT molecular complexity index is 1220. The molecule has 2 aromatic carbocycles. The van der Waals surface area contributed by atoms with Crippen LogP contribution in [0.25, 0.3) is 0 Å². The topological polar surface area (TPSA) is 108 Å². The van der Waals surface area contributed by atoms with E-state index in [1.54, 1.807) is 13.8 Å². The molecule has 2 aromatic rings. The first-order chi connectivity index (χ1) is 18.5. The lowest BCUT2D eigenvalue weighted by Crippen LogP contribution is -2.58. The molecular weight excluding hydrogens is 514 g/mol. The van der Waals surface area contributed by atoms with Gasteiger partial charge in [-0.15, -0.1) is 17.7 Å². The summed E-state index contributed by atoms with van der Waals surface area (Å²) in [6, 6.07) is 15.2. The lowest BCUT2D eigenvalue weighted by Gasteiger charge is -2.33. The third-order valence-corrected chi connectivity index (χ3v) is 8.03. The van der Waals surface area contributed by atoms with E-state index in [0.29, 0.717) is 6.54 Å². The van der Waals surface area contributed by atoms with Gasteiger partial charge >= 0.3 is 6.09 Å². The second-order valence-electron chi connectivity index (χ2n) is 10.1. The van der Waals surface area contributed by atoms with Crippen molar-refractivity contribution in [1.29, 1.82) is 0 Å². The van der Waals surface area contributed by atoms with Gasteiger partial charge in [0.05, 0.1) is 11.9 Å². The van der Waals surface area contributed by atoms with Crippen molar-refractivity contribution in [3.63, 3.8) is 0 Å². The van der Waals surface area contributed by atoms with E-state index in [2.05, 4.69) is 22.5 Å². The van der Waals surface area contributed by atoms with Crippen molar-refractivity contribution in [2.45, 2.75) is 76.6 Å². The Morgan fingerprint density at radius 2 is 1.82 bits per heavy atom. The number of amides is 3. The number of alkyl carbamates (subject to hydrolysis) is 1. The smallest absolute Gasteiger partial charge is 0.408 e. The third-order valence-electron chi connectivity index (χ3n) is 6.66. The number of carbonyl (C=O) groups excluding carboxylic acids is 3. The van der Waals surface area contributed by atoms with Gasteiger partial charge in [0, 0.05) is 11.3 Å². The van der Waals surface area contributed by atoms with Crippen LogP contribution < -0.4 is 10.6 Å². The van der Waals surface area contributed by atoms with Crippen LogP contribution in [-0.2, 0) is 27.3 Å². The summed E-state index contributed by atoms with van der Waals surface area (Å²) in [6.07, 6.45) is -2.86. The highest BCUT2D eigenvalue weighted by Gasteiger charge is 2.49. The molecule has 2 unspecified atom stereocenters. The molecule has 4 atom stereocenters. The average Bonchev–Trinajstić information content (AvgIpc) is 3.22. The predicted octanol–water partition coefficient (Wildman–Crippen LogP) is 3.40. The minimum absolute atomic E-state index is 0.186. The number of nitrogens with one attached hydrogen (secondary N) is 2. The Hall–Kier alpha value is -3.48. The second-order valence-corrected chi connectivity index (χ2v) is 11.7. The zero-order valence-electron chi connectivity index (χ0n) is 23.1. The first-order valence-corrected chi connectivity index (χ1v) is 13.9. The third kappa shape index (κ3) is 8.01. The zero-order valence-corrected chi connectivity index (χ0v) is 23.9. The van der Waals surface area contributed by atoms with Crippen molar-refractivity contribution < 1.29 is 24.2 Å². The molecule has 0 spiro atoms. The quantitative estimate of drug-likeness (QED) is 0.413. The highest BCUT2D eigenvalue weighted by molar-refractivity contribution is 8.00. The molecule has 1 heterocycles. The van der Waals surface area contributed by atoms with E-state index in [9.17, 15) is 19.5 Å². The largest absolute Gasteiger partial charge is 0.433 e. The summed E-state index contributed by atoms with van der Waals surface area (Å²) in [4.78, 5) is 41.1. The van der Waals surface area contributed by atoms with Crippen molar-refractivity contribution in [3.8, 4) is 11.8 Å². The van der Waals surface area contributed by atoms with Crippen LogP contribution in [0.4, 0.5) is 4.79 Å². The average molecular weight is 552 g/mol. The van der Waals surface area contributed by atoms with Crippen LogP contribution in [0.15, 0.2) is 54.6 Å². The first-order valence-electron chi connectivity index (χ1n) is 12.9. The molecule has 0 saturated carbocycles. The molecule has 3 amide bonds. The highest BCUT2D eigenvalue weighted by Crippen LogP contribution is 2.40. The predicted molar refractivity (Wildman–Crippen MR) is 153 cm³/mol. The van der Waals surface area contributed by atoms with Crippen LogP contribution in [0.2, 0.25) is 0 Å². The molecule has 3 N–H and O–H groups in total. The van der Waals surface area contributed by atoms with E-state index in [-0.39, 0.29) is 18.2 Å². The highest BCUT2D eigenvalue weighted by atomic mass is 32.2. The second kappa shape index (κ2) is 13.5. The maximum atomic E-state index is 13.7.